The largest absolute Gasteiger partial charge is 0.508 e. The number of fused-ring (bicyclic) bond motifs is 1. The van der Waals surface area contributed by atoms with Crippen LogP contribution in [0, 0.1) is 0 Å². The summed E-state index contributed by atoms with van der Waals surface area (Å²) in [7, 11) is -3.40. The molecule has 0 saturated heterocycles. The van der Waals surface area contributed by atoms with Crippen molar-refractivity contribution >= 4 is 48.3 Å². The molecule has 0 spiro atoms. The van der Waals surface area contributed by atoms with E-state index in [1.54, 1.807) is 30.3 Å². The molecule has 0 saturated carbocycles. The van der Waals surface area contributed by atoms with E-state index in [1.807, 2.05) is 0 Å². The van der Waals surface area contributed by atoms with Crippen LogP contribution in [0.3, 0.4) is 0 Å². The second-order valence-electron chi connectivity index (χ2n) is 5.08. The summed E-state index contributed by atoms with van der Waals surface area (Å²) in [6.07, 6.45) is 1.05. The van der Waals surface area contributed by atoms with Crippen LogP contribution in [-0.2, 0) is 10.0 Å². The van der Waals surface area contributed by atoms with E-state index >= 15 is 0 Å². The number of amides is 1. The number of carbonyl (C=O) groups is 1. The molecule has 0 radical (unpaired) electrons. The van der Waals surface area contributed by atoms with Crippen LogP contribution >= 0.6 is 11.3 Å². The fourth-order valence-electron chi connectivity index (χ4n) is 2.02. The lowest BCUT2D eigenvalue weighted by Gasteiger charge is -2.05. The van der Waals surface area contributed by atoms with Crippen molar-refractivity contribution in [2.24, 2.45) is 0 Å². The van der Waals surface area contributed by atoms with Crippen LogP contribution in [0.5, 0.6) is 5.75 Å². The number of aromatic hydroxyl groups is 1. The van der Waals surface area contributed by atoms with Gasteiger partial charge in [-0.1, -0.05) is 11.3 Å². The Morgan fingerprint density at radius 2 is 1.88 bits per heavy atom. The molecule has 0 atom stereocenters. The van der Waals surface area contributed by atoms with Crippen LogP contribution < -0.4 is 10.0 Å². The number of nitrogens with zero attached hydrogens (tertiary/aromatic N) is 1. The lowest BCUT2D eigenvalue weighted by atomic mass is 10.2. The van der Waals surface area contributed by atoms with E-state index < -0.39 is 10.0 Å². The third-order valence-electron chi connectivity index (χ3n) is 3.05. The molecular weight excluding hydrogens is 350 g/mol. The summed E-state index contributed by atoms with van der Waals surface area (Å²) in [5.74, 6) is -0.196. The van der Waals surface area contributed by atoms with Gasteiger partial charge in [0.25, 0.3) is 5.91 Å². The molecule has 0 aliphatic rings. The average molecular weight is 363 g/mol. The van der Waals surface area contributed by atoms with Gasteiger partial charge in [-0.2, -0.15) is 0 Å². The van der Waals surface area contributed by atoms with Gasteiger partial charge in [0.05, 0.1) is 16.5 Å². The molecule has 9 heteroatoms. The second kappa shape index (κ2) is 6.10. The first kappa shape index (κ1) is 16.2. The number of aromatic nitrogens is 1. The third kappa shape index (κ3) is 3.81. The van der Waals surface area contributed by atoms with Crippen LogP contribution in [0.4, 0.5) is 10.8 Å². The van der Waals surface area contributed by atoms with Gasteiger partial charge in [0.1, 0.15) is 5.75 Å². The molecule has 3 rings (SSSR count). The molecule has 1 aromatic heterocycles. The summed E-state index contributed by atoms with van der Waals surface area (Å²) in [5, 5.41) is 12.2. The fourth-order valence-corrected chi connectivity index (χ4v) is 3.76. The second-order valence-corrected chi connectivity index (χ2v) is 7.86. The molecule has 0 aliphatic carbocycles. The number of carbonyl (C=O) groups excluding carboxylic acids is 1. The highest BCUT2D eigenvalue weighted by Gasteiger charge is 2.12. The standard InChI is InChI=1S/C15H13N3O4S2/c1-24(21,22)18-15-17-12-7-2-9(8-13(12)23-15)14(20)16-10-3-5-11(19)6-4-10/h2-8,19H,1H3,(H,16,20)(H,17,18). The Kier molecular flexibility index (Phi) is 4.12. The van der Waals surface area contributed by atoms with Crippen LogP contribution in [0.25, 0.3) is 10.2 Å². The van der Waals surface area contributed by atoms with Crippen LogP contribution in [0.2, 0.25) is 0 Å². The predicted octanol–water partition coefficient (Wildman–Crippen LogP) is 2.63. The minimum absolute atomic E-state index is 0.116. The molecule has 124 valence electrons. The van der Waals surface area contributed by atoms with Crippen molar-refractivity contribution in [3.63, 3.8) is 0 Å². The first-order valence-electron chi connectivity index (χ1n) is 6.79. The van der Waals surface area contributed by atoms with Crippen molar-refractivity contribution in [1.29, 1.82) is 0 Å². The first-order valence-corrected chi connectivity index (χ1v) is 9.50. The van der Waals surface area contributed by atoms with Gasteiger partial charge in [-0.3, -0.25) is 9.52 Å². The van der Waals surface area contributed by atoms with E-state index in [0.29, 0.717) is 21.5 Å². The zero-order chi connectivity index (χ0) is 17.3. The van der Waals surface area contributed by atoms with Crippen LogP contribution in [0.15, 0.2) is 42.5 Å². The summed E-state index contributed by atoms with van der Waals surface area (Å²) in [5.41, 5.74) is 1.58. The number of thiazole rings is 1. The van der Waals surface area contributed by atoms with E-state index in [9.17, 15) is 18.3 Å². The molecule has 1 heterocycles. The van der Waals surface area contributed by atoms with Crippen LogP contribution in [-0.4, -0.2) is 30.7 Å². The van der Waals surface area contributed by atoms with E-state index in [-0.39, 0.29) is 16.8 Å². The quantitative estimate of drug-likeness (QED) is 0.618. The maximum atomic E-state index is 12.3. The average Bonchev–Trinajstić information content (AvgIpc) is 2.88. The molecule has 0 aliphatic heterocycles. The monoisotopic (exact) mass is 363 g/mol. The van der Waals surface area contributed by atoms with Crippen molar-refractivity contribution in [1.82, 2.24) is 4.98 Å². The van der Waals surface area contributed by atoms with E-state index in [1.165, 1.54) is 12.1 Å². The van der Waals surface area contributed by atoms with Crippen molar-refractivity contribution in [3.8, 4) is 5.75 Å². The molecule has 7 nitrogen and oxygen atoms in total. The van der Waals surface area contributed by atoms with E-state index in [2.05, 4.69) is 15.0 Å². The van der Waals surface area contributed by atoms with Gasteiger partial charge < -0.3 is 10.4 Å². The minimum Gasteiger partial charge on any atom is -0.508 e. The van der Waals surface area contributed by atoms with Crippen molar-refractivity contribution in [3.05, 3.63) is 48.0 Å². The first-order chi connectivity index (χ1) is 11.3. The number of phenolic OH excluding ortho intramolecular Hbond substituents is 1. The highest BCUT2D eigenvalue weighted by Crippen LogP contribution is 2.27. The smallest absolute Gasteiger partial charge is 0.255 e. The SMILES string of the molecule is CS(=O)(=O)Nc1nc2ccc(C(=O)Nc3ccc(O)cc3)cc2s1. The molecule has 24 heavy (non-hydrogen) atoms. The Hall–Kier alpha value is -2.65. The molecule has 0 unspecified atom stereocenters. The Morgan fingerprint density at radius 1 is 1.17 bits per heavy atom. The Morgan fingerprint density at radius 3 is 2.54 bits per heavy atom. The highest BCUT2D eigenvalue weighted by molar-refractivity contribution is 7.92. The van der Waals surface area contributed by atoms with E-state index in [4.69, 9.17) is 0 Å². The van der Waals surface area contributed by atoms with Crippen molar-refractivity contribution in [2.75, 3.05) is 16.3 Å². The molecule has 0 bridgehead atoms. The lowest BCUT2D eigenvalue weighted by molar-refractivity contribution is 0.102. The molecule has 1 amide bonds. The Bertz CT molecular complexity index is 1010. The molecule has 0 fully saturated rings. The number of anilines is 2. The summed E-state index contributed by atoms with van der Waals surface area (Å²) in [6.45, 7) is 0. The van der Waals surface area contributed by atoms with Gasteiger partial charge in [0.15, 0.2) is 5.13 Å². The zero-order valence-electron chi connectivity index (χ0n) is 12.5. The number of phenols is 1. The number of nitrogens with one attached hydrogen (secondary N) is 2. The van der Waals surface area contributed by atoms with Gasteiger partial charge in [-0.25, -0.2) is 13.4 Å². The van der Waals surface area contributed by atoms with Gasteiger partial charge >= 0.3 is 0 Å². The maximum Gasteiger partial charge on any atom is 0.255 e. The number of hydrogen-bond donors (Lipinski definition) is 3. The van der Waals surface area contributed by atoms with Crippen molar-refractivity contribution < 1.29 is 18.3 Å². The normalized spacial score (nSPS) is 11.4. The number of hydrogen-bond acceptors (Lipinski definition) is 6. The predicted molar refractivity (Wildman–Crippen MR) is 94.1 cm³/mol. The topological polar surface area (TPSA) is 108 Å². The Labute approximate surface area is 142 Å². The number of benzene rings is 2. The molecule has 2 aromatic carbocycles. The molecule has 3 aromatic rings. The summed E-state index contributed by atoms with van der Waals surface area (Å²) in [6, 6.07) is 11.1. The Balaban J connectivity index is 1.84. The van der Waals surface area contributed by atoms with Gasteiger partial charge in [-0.15, -0.1) is 0 Å². The lowest BCUT2D eigenvalue weighted by Crippen LogP contribution is -2.11. The van der Waals surface area contributed by atoms with Gasteiger partial charge in [0, 0.05) is 11.3 Å². The van der Waals surface area contributed by atoms with E-state index in [0.717, 1.165) is 17.6 Å². The minimum atomic E-state index is -3.40. The summed E-state index contributed by atoms with van der Waals surface area (Å²) in [4.78, 5) is 16.4. The molecule has 3 N–H and O–H groups in total. The molecular formula is C15H13N3O4S2. The third-order valence-corrected chi connectivity index (χ3v) is 4.68. The zero-order valence-corrected chi connectivity index (χ0v) is 14.1. The number of sulfonamides is 1. The summed E-state index contributed by atoms with van der Waals surface area (Å²) < 4.78 is 25.5. The highest BCUT2D eigenvalue weighted by atomic mass is 32.2. The number of rotatable bonds is 4. The maximum absolute atomic E-state index is 12.3. The fraction of sp³-hybridized carbons (Fsp3) is 0.0667. The summed E-state index contributed by atoms with van der Waals surface area (Å²) >= 11 is 1.15. The van der Waals surface area contributed by atoms with Crippen molar-refractivity contribution in [2.45, 2.75) is 0 Å². The van der Waals surface area contributed by atoms with Gasteiger partial charge in [0.2, 0.25) is 10.0 Å². The van der Waals surface area contributed by atoms with Crippen LogP contribution in [0.1, 0.15) is 10.4 Å². The van der Waals surface area contributed by atoms with Gasteiger partial charge in [-0.05, 0) is 42.5 Å².